The molecule has 4 nitrogen and oxygen atoms in total. The van der Waals surface area contributed by atoms with Gasteiger partial charge in [-0.2, -0.15) is 4.31 Å². The molecule has 0 bridgehead atoms. The van der Waals surface area contributed by atoms with Crippen molar-refractivity contribution < 1.29 is 13.3 Å². The summed E-state index contributed by atoms with van der Waals surface area (Å²) >= 11 is 11.9. The summed E-state index contributed by atoms with van der Waals surface area (Å²) in [4.78, 5) is 1.66. The molecular formula is C17H19Cl2N2O2S+. The third-order valence-corrected chi connectivity index (χ3v) is 6.62. The Morgan fingerprint density at radius 2 is 1.62 bits per heavy atom. The average molecular weight is 386 g/mol. The number of hydrogen-bond donors (Lipinski definition) is 1. The Balaban J connectivity index is 1.63. The van der Waals surface area contributed by atoms with E-state index < -0.39 is 10.0 Å². The first-order valence-corrected chi connectivity index (χ1v) is 9.98. The van der Waals surface area contributed by atoms with Crippen LogP contribution in [0.5, 0.6) is 0 Å². The summed E-state index contributed by atoms with van der Waals surface area (Å²) in [6.45, 7) is 3.44. The maximum absolute atomic E-state index is 12.7. The SMILES string of the molecule is O=S(=O)(c1ccc(Cl)cc1)N1CC[NH+](Cc2cccc(Cl)c2)CC1. The molecule has 1 aliphatic heterocycles. The van der Waals surface area contributed by atoms with E-state index in [4.69, 9.17) is 23.2 Å². The van der Waals surface area contributed by atoms with Crippen LogP contribution < -0.4 is 4.90 Å². The lowest BCUT2D eigenvalue weighted by atomic mass is 10.2. The molecule has 3 rings (SSSR count). The van der Waals surface area contributed by atoms with E-state index in [1.54, 1.807) is 28.6 Å². The highest BCUT2D eigenvalue weighted by molar-refractivity contribution is 7.89. The van der Waals surface area contributed by atoms with Crippen molar-refractivity contribution in [2.75, 3.05) is 26.2 Å². The second kappa shape index (κ2) is 7.42. The summed E-state index contributed by atoms with van der Waals surface area (Å²) < 4.78 is 26.9. The van der Waals surface area contributed by atoms with E-state index >= 15 is 0 Å². The Morgan fingerprint density at radius 3 is 2.25 bits per heavy atom. The van der Waals surface area contributed by atoms with Crippen LogP contribution in [0.15, 0.2) is 53.4 Å². The van der Waals surface area contributed by atoms with E-state index in [0.717, 1.165) is 24.7 Å². The first-order chi connectivity index (χ1) is 11.4. The van der Waals surface area contributed by atoms with E-state index in [1.165, 1.54) is 10.5 Å². The molecule has 0 spiro atoms. The maximum Gasteiger partial charge on any atom is 0.243 e. The van der Waals surface area contributed by atoms with Gasteiger partial charge in [-0.3, -0.25) is 0 Å². The standard InChI is InChI=1S/C17H18Cl2N2O2S/c18-15-4-6-17(7-5-15)24(22,23)21-10-8-20(9-11-21)13-14-2-1-3-16(19)12-14/h1-7,12H,8-11,13H2/p+1. The Labute approximate surface area is 152 Å². The van der Waals surface area contributed by atoms with Gasteiger partial charge in [0.15, 0.2) is 0 Å². The molecule has 1 aliphatic rings. The van der Waals surface area contributed by atoms with Crippen molar-refractivity contribution in [3.63, 3.8) is 0 Å². The molecule has 0 unspecified atom stereocenters. The van der Waals surface area contributed by atoms with Crippen LogP contribution in [0.3, 0.4) is 0 Å². The van der Waals surface area contributed by atoms with Crippen LogP contribution in [0, 0.1) is 0 Å². The number of nitrogens with one attached hydrogen (secondary N) is 1. The molecule has 2 aromatic carbocycles. The van der Waals surface area contributed by atoms with Gasteiger partial charge in [-0.15, -0.1) is 0 Å². The number of rotatable bonds is 4. The van der Waals surface area contributed by atoms with Crippen LogP contribution in [-0.2, 0) is 16.6 Å². The molecular weight excluding hydrogens is 367 g/mol. The van der Waals surface area contributed by atoms with Gasteiger partial charge in [-0.1, -0.05) is 35.3 Å². The number of halogens is 2. The van der Waals surface area contributed by atoms with Gasteiger partial charge < -0.3 is 4.90 Å². The number of piperazine rings is 1. The summed E-state index contributed by atoms with van der Waals surface area (Å²) in [5.41, 5.74) is 1.17. The zero-order chi connectivity index (χ0) is 17.2. The van der Waals surface area contributed by atoms with E-state index in [-0.39, 0.29) is 0 Å². The van der Waals surface area contributed by atoms with Gasteiger partial charge in [0.2, 0.25) is 10.0 Å². The fourth-order valence-electron chi connectivity index (χ4n) is 2.91. The number of sulfonamides is 1. The molecule has 0 amide bonds. The minimum Gasteiger partial charge on any atom is -0.329 e. The van der Waals surface area contributed by atoms with Gasteiger partial charge >= 0.3 is 0 Å². The van der Waals surface area contributed by atoms with Gasteiger partial charge in [-0.25, -0.2) is 8.42 Å². The van der Waals surface area contributed by atoms with Crippen molar-refractivity contribution in [3.05, 3.63) is 64.1 Å². The minimum atomic E-state index is -3.44. The predicted octanol–water partition coefficient (Wildman–Crippen LogP) is 2.08. The van der Waals surface area contributed by atoms with Crippen molar-refractivity contribution in [2.24, 2.45) is 0 Å². The summed E-state index contributed by atoms with van der Waals surface area (Å²) in [5.74, 6) is 0. The number of nitrogens with zero attached hydrogens (tertiary/aromatic N) is 1. The van der Waals surface area contributed by atoms with Crippen LogP contribution >= 0.6 is 23.2 Å². The van der Waals surface area contributed by atoms with Crippen molar-refractivity contribution in [1.82, 2.24) is 4.31 Å². The monoisotopic (exact) mass is 385 g/mol. The van der Waals surface area contributed by atoms with Gasteiger partial charge in [0.1, 0.15) is 6.54 Å². The lowest BCUT2D eigenvalue weighted by molar-refractivity contribution is -0.917. The lowest BCUT2D eigenvalue weighted by Gasteiger charge is -2.31. The largest absolute Gasteiger partial charge is 0.329 e. The third-order valence-electron chi connectivity index (χ3n) is 4.22. The van der Waals surface area contributed by atoms with E-state index in [2.05, 4.69) is 6.07 Å². The zero-order valence-electron chi connectivity index (χ0n) is 13.1. The Hall–Kier alpha value is -1.11. The molecule has 2 aromatic rings. The molecule has 128 valence electrons. The van der Waals surface area contributed by atoms with Crippen LogP contribution in [0.1, 0.15) is 5.56 Å². The molecule has 0 radical (unpaired) electrons. The first-order valence-electron chi connectivity index (χ1n) is 7.79. The quantitative estimate of drug-likeness (QED) is 0.875. The summed E-state index contributed by atoms with van der Waals surface area (Å²) in [6, 6.07) is 14.1. The van der Waals surface area contributed by atoms with E-state index in [1.807, 2.05) is 18.2 Å². The highest BCUT2D eigenvalue weighted by atomic mass is 35.5. The van der Waals surface area contributed by atoms with Crippen LogP contribution in [-0.4, -0.2) is 38.9 Å². The normalized spacial score (nSPS) is 17.1. The second-order valence-corrected chi connectivity index (χ2v) is 8.73. The Morgan fingerprint density at radius 1 is 0.958 bits per heavy atom. The van der Waals surface area contributed by atoms with Gasteiger partial charge in [0.05, 0.1) is 31.1 Å². The number of hydrogen-bond acceptors (Lipinski definition) is 2. The van der Waals surface area contributed by atoms with E-state index in [9.17, 15) is 8.42 Å². The Bertz CT molecular complexity index is 802. The smallest absolute Gasteiger partial charge is 0.243 e. The molecule has 0 saturated carbocycles. The lowest BCUT2D eigenvalue weighted by Crippen LogP contribution is -3.13. The molecule has 0 aliphatic carbocycles. The fourth-order valence-corrected chi connectivity index (χ4v) is 4.69. The van der Waals surface area contributed by atoms with Crippen molar-refractivity contribution in [3.8, 4) is 0 Å². The highest BCUT2D eigenvalue weighted by Crippen LogP contribution is 2.18. The molecule has 1 heterocycles. The molecule has 7 heteroatoms. The third kappa shape index (κ3) is 4.10. The van der Waals surface area contributed by atoms with Gasteiger partial charge in [0.25, 0.3) is 0 Å². The summed E-state index contributed by atoms with van der Waals surface area (Å²) in [5, 5.41) is 1.26. The van der Waals surface area contributed by atoms with E-state index in [0.29, 0.717) is 23.0 Å². The van der Waals surface area contributed by atoms with Crippen LogP contribution in [0.25, 0.3) is 0 Å². The first kappa shape index (κ1) is 17.7. The summed E-state index contributed by atoms with van der Waals surface area (Å²) in [7, 11) is -3.44. The average Bonchev–Trinajstić information content (AvgIpc) is 2.56. The Kier molecular flexibility index (Phi) is 5.47. The van der Waals surface area contributed by atoms with Crippen molar-refractivity contribution >= 4 is 33.2 Å². The molecule has 0 atom stereocenters. The van der Waals surface area contributed by atoms with Crippen LogP contribution in [0.4, 0.5) is 0 Å². The van der Waals surface area contributed by atoms with Gasteiger partial charge in [0, 0.05) is 15.6 Å². The molecule has 0 aromatic heterocycles. The number of quaternary nitrogens is 1. The minimum absolute atomic E-state index is 0.296. The molecule has 1 saturated heterocycles. The van der Waals surface area contributed by atoms with Gasteiger partial charge in [-0.05, 0) is 36.4 Å². The second-order valence-electron chi connectivity index (χ2n) is 5.91. The summed E-state index contributed by atoms with van der Waals surface area (Å²) in [6.07, 6.45) is 0. The molecule has 1 fully saturated rings. The fraction of sp³-hybridized carbons (Fsp3) is 0.294. The number of benzene rings is 2. The van der Waals surface area contributed by atoms with Crippen LogP contribution in [0.2, 0.25) is 10.0 Å². The highest BCUT2D eigenvalue weighted by Gasteiger charge is 2.30. The topological polar surface area (TPSA) is 41.8 Å². The molecule has 24 heavy (non-hydrogen) atoms. The maximum atomic E-state index is 12.7. The van der Waals surface area contributed by atoms with Crippen molar-refractivity contribution in [1.29, 1.82) is 0 Å². The molecule has 1 N–H and O–H groups in total. The zero-order valence-corrected chi connectivity index (χ0v) is 15.4. The van der Waals surface area contributed by atoms with Crippen molar-refractivity contribution in [2.45, 2.75) is 11.4 Å². The predicted molar refractivity (Wildman–Crippen MR) is 96.1 cm³/mol.